The average molecular weight is 373 g/mol. The number of hydrogen-bond donors (Lipinski definition) is 0. The Morgan fingerprint density at radius 3 is 2.35 bits per heavy atom. The maximum Gasteiger partial charge on any atom is 0.176 e. The molecule has 6 heteroatoms. The number of anilines is 1. The van der Waals surface area contributed by atoms with Gasteiger partial charge in [0.25, 0.3) is 0 Å². The van der Waals surface area contributed by atoms with Crippen LogP contribution in [0.4, 0.5) is 5.69 Å². The Labute approximate surface area is 158 Å². The summed E-state index contributed by atoms with van der Waals surface area (Å²) in [5, 5.41) is 0.748. The molecule has 2 aliphatic rings. The van der Waals surface area contributed by atoms with Crippen molar-refractivity contribution in [2.24, 2.45) is 0 Å². The van der Waals surface area contributed by atoms with Crippen molar-refractivity contribution in [3.05, 3.63) is 53.1 Å². The van der Waals surface area contributed by atoms with Gasteiger partial charge in [0, 0.05) is 42.5 Å². The standard InChI is InChI=1S/C20H21ClN2O3/c21-16-2-4-17(5-3-16)23-9-7-22(8-10-23)14-18(24)15-1-6-19-20(13-15)26-12-11-25-19/h1-6,13H,7-12,14H2. The molecule has 5 nitrogen and oxygen atoms in total. The third kappa shape index (κ3) is 3.79. The van der Waals surface area contributed by atoms with Crippen molar-refractivity contribution in [1.82, 2.24) is 4.90 Å². The number of nitrogens with zero attached hydrogens (tertiary/aromatic N) is 2. The fourth-order valence-corrected chi connectivity index (χ4v) is 3.45. The molecule has 0 bridgehead atoms. The zero-order valence-electron chi connectivity index (χ0n) is 14.5. The second-order valence-electron chi connectivity index (χ2n) is 6.52. The van der Waals surface area contributed by atoms with Gasteiger partial charge in [-0.2, -0.15) is 0 Å². The van der Waals surface area contributed by atoms with Crippen LogP contribution in [0.1, 0.15) is 10.4 Å². The van der Waals surface area contributed by atoms with E-state index in [0.29, 0.717) is 36.8 Å². The Morgan fingerprint density at radius 2 is 1.62 bits per heavy atom. The lowest BCUT2D eigenvalue weighted by molar-refractivity contribution is 0.0925. The fraction of sp³-hybridized carbons (Fsp3) is 0.350. The molecule has 0 aliphatic carbocycles. The third-order valence-corrected chi connectivity index (χ3v) is 5.05. The molecule has 0 saturated carbocycles. The van der Waals surface area contributed by atoms with Crippen molar-refractivity contribution in [3.63, 3.8) is 0 Å². The summed E-state index contributed by atoms with van der Waals surface area (Å²) in [5.74, 6) is 1.49. The van der Waals surface area contributed by atoms with Gasteiger partial charge >= 0.3 is 0 Å². The summed E-state index contributed by atoms with van der Waals surface area (Å²) in [6.07, 6.45) is 0. The number of fused-ring (bicyclic) bond motifs is 1. The Morgan fingerprint density at radius 1 is 0.923 bits per heavy atom. The number of ether oxygens (including phenoxy) is 2. The molecule has 1 fully saturated rings. The highest BCUT2D eigenvalue weighted by Crippen LogP contribution is 2.31. The predicted molar refractivity (Wildman–Crippen MR) is 102 cm³/mol. The number of halogens is 1. The first-order valence-electron chi connectivity index (χ1n) is 8.85. The average Bonchev–Trinajstić information content (AvgIpc) is 2.69. The number of ketones is 1. The molecule has 2 aromatic rings. The Hall–Kier alpha value is -2.24. The molecule has 2 aliphatic heterocycles. The van der Waals surface area contributed by atoms with Crippen molar-refractivity contribution in [3.8, 4) is 11.5 Å². The summed E-state index contributed by atoms with van der Waals surface area (Å²) in [4.78, 5) is 17.1. The van der Waals surface area contributed by atoms with E-state index in [4.69, 9.17) is 21.1 Å². The van der Waals surface area contributed by atoms with Gasteiger partial charge in [-0.15, -0.1) is 0 Å². The highest BCUT2D eigenvalue weighted by molar-refractivity contribution is 6.30. The van der Waals surface area contributed by atoms with Crippen LogP contribution >= 0.6 is 11.6 Å². The molecular formula is C20H21ClN2O3. The number of rotatable bonds is 4. The minimum Gasteiger partial charge on any atom is -0.486 e. The van der Waals surface area contributed by atoms with E-state index in [1.165, 1.54) is 5.69 Å². The van der Waals surface area contributed by atoms with E-state index in [0.717, 1.165) is 31.2 Å². The van der Waals surface area contributed by atoms with Crippen LogP contribution in [0.2, 0.25) is 5.02 Å². The highest BCUT2D eigenvalue weighted by atomic mass is 35.5. The van der Waals surface area contributed by atoms with Gasteiger partial charge in [-0.1, -0.05) is 11.6 Å². The predicted octanol–water partition coefficient (Wildman–Crippen LogP) is 3.12. The first kappa shape index (κ1) is 17.2. The second kappa shape index (κ2) is 7.56. The molecule has 0 N–H and O–H groups in total. The molecule has 0 amide bonds. The van der Waals surface area contributed by atoms with E-state index in [2.05, 4.69) is 9.80 Å². The van der Waals surface area contributed by atoms with Gasteiger partial charge in [0.1, 0.15) is 13.2 Å². The van der Waals surface area contributed by atoms with E-state index in [-0.39, 0.29) is 5.78 Å². The summed E-state index contributed by atoms with van der Waals surface area (Å²) >= 11 is 5.95. The molecular weight excluding hydrogens is 352 g/mol. The van der Waals surface area contributed by atoms with Gasteiger partial charge in [-0.3, -0.25) is 9.69 Å². The zero-order chi connectivity index (χ0) is 17.9. The van der Waals surface area contributed by atoms with E-state index < -0.39 is 0 Å². The van der Waals surface area contributed by atoms with Crippen LogP contribution in [-0.4, -0.2) is 56.6 Å². The lowest BCUT2D eigenvalue weighted by atomic mass is 10.1. The number of hydrogen-bond acceptors (Lipinski definition) is 5. The smallest absolute Gasteiger partial charge is 0.176 e. The fourth-order valence-electron chi connectivity index (χ4n) is 3.33. The monoisotopic (exact) mass is 372 g/mol. The Kier molecular flexibility index (Phi) is 5.00. The maximum absolute atomic E-state index is 12.6. The van der Waals surface area contributed by atoms with Crippen molar-refractivity contribution >= 4 is 23.1 Å². The second-order valence-corrected chi connectivity index (χ2v) is 6.96. The van der Waals surface area contributed by atoms with E-state index in [1.54, 1.807) is 6.07 Å². The van der Waals surface area contributed by atoms with Crippen LogP contribution in [0.3, 0.4) is 0 Å². The molecule has 0 aromatic heterocycles. The van der Waals surface area contributed by atoms with Crippen LogP contribution in [0.5, 0.6) is 11.5 Å². The van der Waals surface area contributed by atoms with Crippen molar-refractivity contribution in [2.75, 3.05) is 50.8 Å². The minimum atomic E-state index is 0.113. The summed E-state index contributed by atoms with van der Waals surface area (Å²) in [7, 11) is 0. The van der Waals surface area contributed by atoms with Crippen molar-refractivity contribution in [2.45, 2.75) is 0 Å². The zero-order valence-corrected chi connectivity index (χ0v) is 15.2. The molecule has 0 atom stereocenters. The van der Waals surface area contributed by atoms with Gasteiger partial charge < -0.3 is 14.4 Å². The normalized spacial score (nSPS) is 17.2. The molecule has 0 unspecified atom stereocenters. The van der Waals surface area contributed by atoms with Crippen LogP contribution < -0.4 is 14.4 Å². The number of carbonyl (C=O) groups is 1. The summed E-state index contributed by atoms with van der Waals surface area (Å²) in [5.41, 5.74) is 1.85. The molecule has 4 rings (SSSR count). The number of piperazine rings is 1. The summed E-state index contributed by atoms with van der Waals surface area (Å²) in [6.45, 7) is 5.02. The van der Waals surface area contributed by atoms with Crippen LogP contribution in [0.25, 0.3) is 0 Å². The molecule has 2 aromatic carbocycles. The van der Waals surface area contributed by atoms with E-state index in [9.17, 15) is 4.79 Å². The number of benzene rings is 2. The molecule has 1 saturated heterocycles. The molecule has 136 valence electrons. The van der Waals surface area contributed by atoms with Gasteiger partial charge in [-0.05, 0) is 42.5 Å². The molecule has 2 heterocycles. The lowest BCUT2D eigenvalue weighted by Crippen LogP contribution is -2.48. The maximum atomic E-state index is 12.6. The summed E-state index contributed by atoms with van der Waals surface area (Å²) < 4.78 is 11.1. The summed E-state index contributed by atoms with van der Waals surface area (Å²) in [6, 6.07) is 13.3. The van der Waals surface area contributed by atoms with Gasteiger partial charge in [0.05, 0.1) is 6.54 Å². The van der Waals surface area contributed by atoms with Gasteiger partial charge in [-0.25, -0.2) is 0 Å². The molecule has 26 heavy (non-hydrogen) atoms. The van der Waals surface area contributed by atoms with E-state index >= 15 is 0 Å². The van der Waals surface area contributed by atoms with Crippen molar-refractivity contribution in [1.29, 1.82) is 0 Å². The largest absolute Gasteiger partial charge is 0.486 e. The minimum absolute atomic E-state index is 0.113. The first-order valence-corrected chi connectivity index (χ1v) is 9.22. The van der Waals surface area contributed by atoms with Crippen LogP contribution in [-0.2, 0) is 0 Å². The van der Waals surface area contributed by atoms with Gasteiger partial charge in [0.15, 0.2) is 17.3 Å². The molecule has 0 spiro atoms. The Balaban J connectivity index is 1.34. The van der Waals surface area contributed by atoms with Gasteiger partial charge in [0.2, 0.25) is 0 Å². The highest BCUT2D eigenvalue weighted by Gasteiger charge is 2.21. The molecule has 0 radical (unpaired) electrons. The third-order valence-electron chi connectivity index (χ3n) is 4.80. The van der Waals surface area contributed by atoms with Crippen molar-refractivity contribution < 1.29 is 14.3 Å². The van der Waals surface area contributed by atoms with E-state index in [1.807, 2.05) is 36.4 Å². The lowest BCUT2D eigenvalue weighted by Gasteiger charge is -2.35. The number of Topliss-reactive ketones (excluding diaryl/α,β-unsaturated/α-hetero) is 1. The van der Waals surface area contributed by atoms with Crippen LogP contribution in [0, 0.1) is 0 Å². The first-order chi connectivity index (χ1) is 12.7. The topological polar surface area (TPSA) is 42.0 Å². The number of carbonyl (C=O) groups excluding carboxylic acids is 1. The Bertz CT molecular complexity index is 786. The SMILES string of the molecule is O=C(CN1CCN(c2ccc(Cl)cc2)CC1)c1ccc2c(c1)OCCO2. The quantitative estimate of drug-likeness (QED) is 0.771. The van der Waals surface area contributed by atoms with Crippen LogP contribution in [0.15, 0.2) is 42.5 Å².